The molecule has 1 aliphatic rings. The summed E-state index contributed by atoms with van der Waals surface area (Å²) in [6, 6.07) is 22.7. The highest BCUT2D eigenvalue weighted by Gasteiger charge is 2.32. The van der Waals surface area contributed by atoms with Crippen LogP contribution in [-0.2, 0) is 16.6 Å². The molecule has 0 spiro atoms. The Labute approximate surface area is 207 Å². The molecule has 0 radical (unpaired) electrons. The number of hydrogen-bond acceptors (Lipinski definition) is 6. The third kappa shape index (κ3) is 4.08. The van der Waals surface area contributed by atoms with Crippen molar-refractivity contribution in [3.63, 3.8) is 0 Å². The number of aromatic amines is 1. The molecule has 6 rings (SSSR count). The fraction of sp³-hybridized carbons (Fsp3) is 0.231. The van der Waals surface area contributed by atoms with Crippen LogP contribution < -0.4 is 5.56 Å². The lowest BCUT2D eigenvalue weighted by atomic mass is 9.99. The first-order chi connectivity index (χ1) is 17.5. The zero-order chi connectivity index (χ0) is 24.7. The predicted octanol–water partition coefficient (Wildman–Crippen LogP) is 3.28. The molecule has 0 saturated carbocycles. The largest absolute Gasteiger partial charge is 0.308 e. The Hall–Kier alpha value is -3.89. The van der Waals surface area contributed by atoms with Crippen molar-refractivity contribution in [3.8, 4) is 0 Å². The summed E-state index contributed by atoms with van der Waals surface area (Å²) in [6.07, 6.45) is 1.40. The van der Waals surface area contributed by atoms with E-state index in [0.29, 0.717) is 31.0 Å². The first-order valence-electron chi connectivity index (χ1n) is 11.9. The van der Waals surface area contributed by atoms with Gasteiger partial charge in [-0.3, -0.25) is 4.79 Å². The van der Waals surface area contributed by atoms with Crippen molar-refractivity contribution in [2.24, 2.45) is 0 Å². The lowest BCUT2D eigenvalue weighted by Gasteiger charge is -2.31. The summed E-state index contributed by atoms with van der Waals surface area (Å²) in [5.74, 6) is 0.223. The number of nitrogens with one attached hydrogen (secondary N) is 1. The molecule has 1 N–H and O–H groups in total. The van der Waals surface area contributed by atoms with Gasteiger partial charge in [0.05, 0.1) is 11.4 Å². The van der Waals surface area contributed by atoms with Gasteiger partial charge in [-0.2, -0.15) is 4.31 Å². The number of aromatic nitrogens is 5. The Balaban J connectivity index is 1.31. The van der Waals surface area contributed by atoms with Crippen LogP contribution in [0.1, 0.15) is 30.1 Å². The second-order valence-corrected chi connectivity index (χ2v) is 11.0. The summed E-state index contributed by atoms with van der Waals surface area (Å²) in [5, 5.41) is 10.5. The van der Waals surface area contributed by atoms with Crippen LogP contribution in [0, 0.1) is 0 Å². The van der Waals surface area contributed by atoms with E-state index in [1.54, 1.807) is 35.0 Å². The number of sulfonamides is 1. The van der Waals surface area contributed by atoms with E-state index in [9.17, 15) is 13.2 Å². The first kappa shape index (κ1) is 22.6. The Kier molecular flexibility index (Phi) is 5.62. The molecule has 2 aromatic heterocycles. The summed E-state index contributed by atoms with van der Waals surface area (Å²) < 4.78 is 29.4. The maximum absolute atomic E-state index is 13.2. The second kappa shape index (κ2) is 8.96. The van der Waals surface area contributed by atoms with Gasteiger partial charge in [-0.15, -0.1) is 5.10 Å². The molecule has 3 aromatic carbocycles. The van der Waals surface area contributed by atoms with Gasteiger partial charge in [0.15, 0.2) is 11.2 Å². The molecule has 10 heteroatoms. The fourth-order valence-corrected chi connectivity index (χ4v) is 6.36. The van der Waals surface area contributed by atoms with Gasteiger partial charge in [-0.25, -0.2) is 18.1 Å². The number of fused-ring (bicyclic) bond motifs is 2. The van der Waals surface area contributed by atoms with E-state index in [1.807, 2.05) is 18.2 Å². The average molecular weight is 501 g/mol. The lowest BCUT2D eigenvalue weighted by Crippen LogP contribution is -2.39. The molecule has 5 aromatic rings. The molecule has 1 atom stereocenters. The number of rotatable bonds is 5. The molecule has 9 nitrogen and oxygen atoms in total. The molecule has 36 heavy (non-hydrogen) atoms. The highest BCUT2D eigenvalue weighted by atomic mass is 32.2. The zero-order valence-electron chi connectivity index (χ0n) is 19.4. The van der Waals surface area contributed by atoms with E-state index >= 15 is 0 Å². The van der Waals surface area contributed by atoms with Crippen molar-refractivity contribution in [2.45, 2.75) is 30.2 Å². The molecular formula is C26H24N6O3S. The number of piperidine rings is 1. The van der Waals surface area contributed by atoms with Crippen LogP contribution in [0.4, 0.5) is 0 Å². The van der Waals surface area contributed by atoms with Crippen LogP contribution in [0.5, 0.6) is 0 Å². The van der Waals surface area contributed by atoms with Crippen molar-refractivity contribution in [1.82, 2.24) is 29.3 Å². The van der Waals surface area contributed by atoms with Gasteiger partial charge >= 0.3 is 0 Å². The molecule has 0 amide bonds. The topological polar surface area (TPSA) is 114 Å². The molecule has 0 bridgehead atoms. The molecule has 0 aliphatic carbocycles. The SMILES string of the molecule is O=c1[nH]c([C@H]2CCCN(S(=O)(=O)c3ccccc3)C2)nc2c1nnn2Cc1ccc2ccccc2c1. The van der Waals surface area contributed by atoms with E-state index in [-0.39, 0.29) is 28.4 Å². The number of H-pyrrole nitrogens is 1. The van der Waals surface area contributed by atoms with Gasteiger partial charge in [0.1, 0.15) is 5.82 Å². The minimum atomic E-state index is -3.63. The van der Waals surface area contributed by atoms with E-state index in [4.69, 9.17) is 4.98 Å². The van der Waals surface area contributed by atoms with Gasteiger partial charge in [-0.05, 0) is 47.4 Å². The van der Waals surface area contributed by atoms with Crippen LogP contribution in [0.3, 0.4) is 0 Å². The van der Waals surface area contributed by atoms with E-state index in [1.165, 1.54) is 4.31 Å². The molecule has 1 aliphatic heterocycles. The Morgan fingerprint density at radius 1 is 0.972 bits per heavy atom. The third-order valence-electron chi connectivity index (χ3n) is 6.69. The summed E-state index contributed by atoms with van der Waals surface area (Å²) in [4.78, 5) is 20.7. The molecule has 1 saturated heterocycles. The quantitative estimate of drug-likeness (QED) is 0.396. The minimum Gasteiger partial charge on any atom is -0.308 e. The minimum absolute atomic E-state index is 0.170. The van der Waals surface area contributed by atoms with Crippen LogP contribution >= 0.6 is 0 Å². The molecule has 3 heterocycles. The van der Waals surface area contributed by atoms with Gasteiger partial charge < -0.3 is 4.98 Å². The average Bonchev–Trinajstić information content (AvgIpc) is 3.32. The van der Waals surface area contributed by atoms with Gasteiger partial charge in [0.25, 0.3) is 5.56 Å². The maximum Gasteiger partial charge on any atom is 0.281 e. The normalized spacial score (nSPS) is 17.1. The van der Waals surface area contributed by atoms with E-state index < -0.39 is 10.0 Å². The summed E-state index contributed by atoms with van der Waals surface area (Å²) in [6.45, 7) is 1.09. The van der Waals surface area contributed by atoms with Crippen molar-refractivity contribution < 1.29 is 8.42 Å². The monoisotopic (exact) mass is 500 g/mol. The Morgan fingerprint density at radius 3 is 2.58 bits per heavy atom. The van der Waals surface area contributed by atoms with Crippen molar-refractivity contribution in [3.05, 3.63) is 94.5 Å². The van der Waals surface area contributed by atoms with Crippen molar-refractivity contribution in [2.75, 3.05) is 13.1 Å². The molecule has 182 valence electrons. The summed E-state index contributed by atoms with van der Waals surface area (Å²) in [7, 11) is -3.63. The van der Waals surface area contributed by atoms with Crippen LogP contribution in [0.15, 0.2) is 82.5 Å². The van der Waals surface area contributed by atoms with Gasteiger partial charge in [0, 0.05) is 19.0 Å². The standard InChI is InChI=1S/C26H24N6O3S/c33-26-23-25(32(30-29-23)16-18-12-13-19-7-4-5-8-20(19)15-18)27-24(28-26)21-9-6-14-31(17-21)36(34,35)22-10-2-1-3-11-22/h1-5,7-8,10-13,15,21H,6,9,14,16-17H2,(H,27,28,33)/t21-/m0/s1. The summed E-state index contributed by atoms with van der Waals surface area (Å²) >= 11 is 0. The smallest absolute Gasteiger partial charge is 0.281 e. The van der Waals surface area contributed by atoms with Crippen molar-refractivity contribution >= 4 is 32.0 Å². The summed E-state index contributed by atoms with van der Waals surface area (Å²) in [5.41, 5.74) is 1.21. The van der Waals surface area contributed by atoms with Crippen LogP contribution in [-0.4, -0.2) is 50.8 Å². The van der Waals surface area contributed by atoms with E-state index in [0.717, 1.165) is 22.8 Å². The van der Waals surface area contributed by atoms with Gasteiger partial charge in [-0.1, -0.05) is 59.8 Å². The number of hydrogen-bond donors (Lipinski definition) is 1. The van der Waals surface area contributed by atoms with E-state index in [2.05, 4.69) is 39.6 Å². The molecular weight excluding hydrogens is 476 g/mol. The van der Waals surface area contributed by atoms with Crippen LogP contribution in [0.25, 0.3) is 21.9 Å². The lowest BCUT2D eigenvalue weighted by molar-refractivity contribution is 0.309. The highest BCUT2D eigenvalue weighted by Crippen LogP contribution is 2.29. The first-order valence-corrected chi connectivity index (χ1v) is 13.3. The van der Waals surface area contributed by atoms with Crippen LogP contribution in [0.2, 0.25) is 0 Å². The zero-order valence-corrected chi connectivity index (χ0v) is 20.2. The Morgan fingerprint density at radius 2 is 1.75 bits per heavy atom. The second-order valence-electron chi connectivity index (χ2n) is 9.07. The molecule has 1 fully saturated rings. The number of nitrogens with zero attached hydrogens (tertiary/aromatic N) is 5. The third-order valence-corrected chi connectivity index (χ3v) is 8.57. The maximum atomic E-state index is 13.2. The fourth-order valence-electron chi connectivity index (χ4n) is 4.82. The molecule has 0 unspecified atom stereocenters. The Bertz CT molecular complexity index is 1730. The number of benzene rings is 3. The van der Waals surface area contributed by atoms with Crippen molar-refractivity contribution in [1.29, 1.82) is 0 Å². The predicted molar refractivity (Wildman–Crippen MR) is 136 cm³/mol. The van der Waals surface area contributed by atoms with Gasteiger partial charge in [0.2, 0.25) is 10.0 Å². The highest BCUT2D eigenvalue weighted by molar-refractivity contribution is 7.89.